The van der Waals surface area contributed by atoms with Gasteiger partial charge in [-0.3, -0.25) is 14.6 Å². The molecule has 6 nitrogen and oxygen atoms in total. The second-order valence-electron chi connectivity index (χ2n) is 8.93. The number of nitrogens with zero attached hydrogens (tertiary/aromatic N) is 3. The molecule has 6 heteroatoms. The Morgan fingerprint density at radius 1 is 1.03 bits per heavy atom. The first-order valence-corrected chi connectivity index (χ1v) is 11.4. The summed E-state index contributed by atoms with van der Waals surface area (Å²) in [5.74, 6) is 0.104. The third-order valence-electron chi connectivity index (χ3n) is 6.82. The Morgan fingerprint density at radius 3 is 2.48 bits per heavy atom. The van der Waals surface area contributed by atoms with Crippen LogP contribution in [0.3, 0.4) is 0 Å². The molecule has 1 aromatic rings. The maximum absolute atomic E-state index is 12.8. The van der Waals surface area contributed by atoms with Gasteiger partial charge in [0.15, 0.2) is 0 Å². The molecule has 3 aliphatic heterocycles. The number of hydrogen-bond donors (Lipinski definition) is 2. The summed E-state index contributed by atoms with van der Waals surface area (Å²) in [5.41, 5.74) is 1.36. The van der Waals surface area contributed by atoms with Gasteiger partial charge in [-0.15, -0.1) is 0 Å². The molecule has 1 aromatic carbocycles. The van der Waals surface area contributed by atoms with Gasteiger partial charge in [-0.05, 0) is 63.8 Å². The number of aliphatic hydroxyl groups excluding tert-OH is 1. The van der Waals surface area contributed by atoms with Crippen molar-refractivity contribution in [3.05, 3.63) is 35.9 Å². The smallest absolute Gasteiger partial charge is 0.237 e. The fourth-order valence-electron chi connectivity index (χ4n) is 5.21. The van der Waals surface area contributed by atoms with Crippen LogP contribution in [-0.2, 0) is 11.3 Å². The van der Waals surface area contributed by atoms with Gasteiger partial charge in [0.25, 0.3) is 0 Å². The number of piperidine rings is 1. The third-order valence-corrected chi connectivity index (χ3v) is 6.82. The number of rotatable bonds is 7. The Balaban J connectivity index is 1.25. The lowest BCUT2D eigenvalue weighted by Crippen LogP contribution is -2.51. The van der Waals surface area contributed by atoms with Crippen LogP contribution in [0.2, 0.25) is 0 Å². The van der Waals surface area contributed by atoms with Crippen molar-refractivity contribution >= 4 is 5.91 Å². The summed E-state index contributed by atoms with van der Waals surface area (Å²) in [7, 11) is 0. The van der Waals surface area contributed by atoms with E-state index >= 15 is 0 Å². The van der Waals surface area contributed by atoms with Crippen LogP contribution in [0.15, 0.2) is 30.3 Å². The van der Waals surface area contributed by atoms with E-state index in [-0.39, 0.29) is 18.1 Å². The van der Waals surface area contributed by atoms with Gasteiger partial charge in [0.1, 0.15) is 0 Å². The first-order valence-electron chi connectivity index (χ1n) is 11.4. The molecule has 160 valence electrons. The standard InChI is InChI=1S/C23H36N4O2/c28-21-16-22(23(29)24-10-15-25-11-4-5-12-25)27(18-21)20-8-13-26(14-9-20)17-19-6-2-1-3-7-19/h1-3,6-7,20-22,28H,4-5,8-18H2,(H,24,29)/t21-,22+/m1/s1. The van der Waals surface area contributed by atoms with E-state index < -0.39 is 0 Å². The highest BCUT2D eigenvalue weighted by molar-refractivity contribution is 5.82. The normalized spacial score (nSPS) is 27.5. The fraction of sp³-hybridized carbons (Fsp3) is 0.696. The molecule has 2 atom stereocenters. The van der Waals surface area contributed by atoms with Crippen LogP contribution in [0.1, 0.15) is 37.7 Å². The summed E-state index contributed by atoms with van der Waals surface area (Å²) in [5, 5.41) is 13.4. The van der Waals surface area contributed by atoms with Gasteiger partial charge in [0.05, 0.1) is 12.1 Å². The number of carbonyl (C=O) groups is 1. The number of carbonyl (C=O) groups excluding carboxylic acids is 1. The van der Waals surface area contributed by atoms with Gasteiger partial charge in [0.2, 0.25) is 5.91 Å². The molecule has 4 rings (SSSR count). The van der Waals surface area contributed by atoms with Crippen LogP contribution < -0.4 is 5.32 Å². The molecule has 1 amide bonds. The highest BCUT2D eigenvalue weighted by Gasteiger charge is 2.40. The largest absolute Gasteiger partial charge is 0.392 e. The van der Waals surface area contributed by atoms with Gasteiger partial charge in [-0.2, -0.15) is 0 Å². The molecule has 3 saturated heterocycles. The average Bonchev–Trinajstić information content (AvgIpc) is 3.39. The van der Waals surface area contributed by atoms with E-state index in [9.17, 15) is 9.90 Å². The van der Waals surface area contributed by atoms with Crippen LogP contribution in [0.25, 0.3) is 0 Å². The number of benzene rings is 1. The van der Waals surface area contributed by atoms with E-state index in [4.69, 9.17) is 0 Å². The van der Waals surface area contributed by atoms with E-state index in [1.165, 1.54) is 18.4 Å². The third kappa shape index (κ3) is 5.57. The SMILES string of the molecule is O=C(NCCN1CCCC1)[C@@H]1C[C@@H](O)CN1C1CCN(Cc2ccccc2)CC1. The lowest BCUT2D eigenvalue weighted by atomic mass is 10.0. The fourth-order valence-corrected chi connectivity index (χ4v) is 5.21. The number of hydrogen-bond acceptors (Lipinski definition) is 5. The van der Waals surface area contributed by atoms with Crippen LogP contribution in [0.5, 0.6) is 0 Å². The van der Waals surface area contributed by atoms with Crippen LogP contribution in [0.4, 0.5) is 0 Å². The summed E-state index contributed by atoms with van der Waals surface area (Å²) < 4.78 is 0. The summed E-state index contributed by atoms with van der Waals surface area (Å²) in [4.78, 5) is 20.0. The zero-order valence-electron chi connectivity index (χ0n) is 17.5. The Morgan fingerprint density at radius 2 is 1.76 bits per heavy atom. The van der Waals surface area contributed by atoms with Crippen molar-refractivity contribution in [2.45, 2.75) is 56.8 Å². The lowest BCUT2D eigenvalue weighted by molar-refractivity contribution is -0.126. The Kier molecular flexibility index (Phi) is 7.19. The molecule has 0 radical (unpaired) electrons. The van der Waals surface area contributed by atoms with Crippen molar-refractivity contribution in [1.82, 2.24) is 20.0 Å². The molecule has 0 unspecified atom stereocenters. The van der Waals surface area contributed by atoms with Crippen LogP contribution >= 0.6 is 0 Å². The number of likely N-dealkylation sites (tertiary alicyclic amines) is 3. The van der Waals surface area contributed by atoms with Crippen molar-refractivity contribution < 1.29 is 9.90 Å². The van der Waals surface area contributed by atoms with Gasteiger partial charge < -0.3 is 15.3 Å². The summed E-state index contributed by atoms with van der Waals surface area (Å²) in [6, 6.07) is 10.9. The van der Waals surface area contributed by atoms with Crippen molar-refractivity contribution in [3.8, 4) is 0 Å². The highest BCUT2D eigenvalue weighted by atomic mass is 16.3. The molecule has 0 saturated carbocycles. The van der Waals surface area contributed by atoms with Crippen LogP contribution in [-0.4, -0.2) is 89.7 Å². The number of amides is 1. The minimum absolute atomic E-state index is 0.104. The highest BCUT2D eigenvalue weighted by Crippen LogP contribution is 2.27. The summed E-state index contributed by atoms with van der Waals surface area (Å²) in [6.45, 7) is 7.71. The zero-order valence-corrected chi connectivity index (χ0v) is 17.5. The minimum Gasteiger partial charge on any atom is -0.392 e. The van der Waals surface area contributed by atoms with Crippen molar-refractivity contribution in [2.75, 3.05) is 45.8 Å². The summed E-state index contributed by atoms with van der Waals surface area (Å²) >= 11 is 0. The first kappa shape index (κ1) is 20.8. The predicted molar refractivity (Wildman–Crippen MR) is 115 cm³/mol. The van der Waals surface area contributed by atoms with E-state index in [0.29, 0.717) is 19.0 Å². The molecule has 29 heavy (non-hydrogen) atoms. The molecular weight excluding hydrogens is 364 g/mol. The lowest BCUT2D eigenvalue weighted by Gasteiger charge is -2.39. The summed E-state index contributed by atoms with van der Waals surface area (Å²) in [6.07, 6.45) is 4.87. The number of nitrogens with one attached hydrogen (secondary N) is 1. The maximum Gasteiger partial charge on any atom is 0.237 e. The van der Waals surface area contributed by atoms with Crippen molar-refractivity contribution in [1.29, 1.82) is 0 Å². The zero-order chi connectivity index (χ0) is 20.1. The van der Waals surface area contributed by atoms with Gasteiger partial charge >= 0.3 is 0 Å². The number of aliphatic hydroxyl groups is 1. The molecule has 0 spiro atoms. The second-order valence-corrected chi connectivity index (χ2v) is 8.93. The molecule has 0 aliphatic carbocycles. The molecule has 3 fully saturated rings. The van der Waals surface area contributed by atoms with E-state index in [0.717, 1.165) is 58.7 Å². The van der Waals surface area contributed by atoms with Crippen molar-refractivity contribution in [3.63, 3.8) is 0 Å². The Labute approximate surface area is 174 Å². The molecule has 0 aromatic heterocycles. The van der Waals surface area contributed by atoms with Crippen molar-refractivity contribution in [2.24, 2.45) is 0 Å². The van der Waals surface area contributed by atoms with Gasteiger partial charge in [-0.1, -0.05) is 30.3 Å². The molecule has 2 N–H and O–H groups in total. The molecule has 3 aliphatic rings. The van der Waals surface area contributed by atoms with E-state index in [2.05, 4.69) is 50.3 Å². The van der Waals surface area contributed by atoms with Gasteiger partial charge in [0, 0.05) is 32.2 Å². The molecule has 3 heterocycles. The quantitative estimate of drug-likeness (QED) is 0.723. The van der Waals surface area contributed by atoms with Crippen LogP contribution in [0, 0.1) is 0 Å². The minimum atomic E-state index is -0.383. The topological polar surface area (TPSA) is 59.1 Å². The predicted octanol–water partition coefficient (Wildman–Crippen LogP) is 1.30. The van der Waals surface area contributed by atoms with E-state index in [1.54, 1.807) is 0 Å². The number of β-amino-alcohol motifs (C(OH)–C–C–N with tert-alkyl or cyclic N) is 1. The second kappa shape index (κ2) is 10.0. The first-order chi connectivity index (χ1) is 14.2. The Bertz CT molecular complexity index is 642. The monoisotopic (exact) mass is 400 g/mol. The van der Waals surface area contributed by atoms with E-state index in [1.807, 2.05) is 0 Å². The Hall–Kier alpha value is -1.47. The molecular formula is C23H36N4O2. The van der Waals surface area contributed by atoms with Gasteiger partial charge in [-0.25, -0.2) is 0 Å². The maximum atomic E-state index is 12.8. The molecule has 0 bridgehead atoms. The average molecular weight is 401 g/mol.